The molecule has 0 aliphatic heterocycles. The van der Waals surface area contributed by atoms with E-state index in [9.17, 15) is 8.42 Å². The van der Waals surface area contributed by atoms with Gasteiger partial charge in [0.15, 0.2) is 0 Å². The van der Waals surface area contributed by atoms with E-state index in [4.69, 9.17) is 16.9 Å². The highest BCUT2D eigenvalue weighted by molar-refractivity contribution is 7.93. The maximum absolute atomic E-state index is 12.6. The minimum Gasteiger partial charge on any atom is -0.360 e. The number of sulfonamides is 1. The Labute approximate surface area is 138 Å². The largest absolute Gasteiger partial charge is 0.360 e. The number of fused-ring (bicyclic) bond motifs is 1. The predicted octanol–water partition coefficient (Wildman–Crippen LogP) is 3.80. The first-order chi connectivity index (χ1) is 10.9. The topological polar surface area (TPSA) is 85.8 Å². The molecule has 0 spiro atoms. The second kappa shape index (κ2) is 5.61. The van der Waals surface area contributed by atoms with Crippen LogP contribution in [0.15, 0.2) is 47.5 Å². The second-order valence-electron chi connectivity index (χ2n) is 5.09. The molecule has 1 aromatic heterocycles. The van der Waals surface area contributed by atoms with Crippen molar-refractivity contribution in [3.05, 3.63) is 58.7 Å². The second-order valence-corrected chi connectivity index (χ2v) is 7.18. The average Bonchev–Trinajstić information content (AvgIpc) is 2.90. The molecule has 0 aliphatic rings. The number of halogens is 1. The number of aromatic nitrogens is 1. The number of hydrogen-bond donors (Lipinski definition) is 2. The summed E-state index contributed by atoms with van der Waals surface area (Å²) in [5.41, 5.74) is 2.27. The molecule has 0 fully saturated rings. The molecule has 0 saturated heterocycles. The first-order valence-electron chi connectivity index (χ1n) is 6.71. The van der Waals surface area contributed by atoms with Crippen LogP contribution in [-0.4, -0.2) is 13.4 Å². The summed E-state index contributed by atoms with van der Waals surface area (Å²) in [6, 6.07) is 11.8. The van der Waals surface area contributed by atoms with E-state index in [0.29, 0.717) is 32.7 Å². The number of rotatable bonds is 3. The van der Waals surface area contributed by atoms with Gasteiger partial charge in [-0.05, 0) is 48.9 Å². The lowest BCUT2D eigenvalue weighted by atomic mass is 10.1. The summed E-state index contributed by atoms with van der Waals surface area (Å²) in [7, 11) is -3.75. The molecule has 0 unspecified atom stereocenters. The normalized spacial score (nSPS) is 11.3. The van der Waals surface area contributed by atoms with Crippen molar-refractivity contribution >= 4 is 38.2 Å². The van der Waals surface area contributed by atoms with Crippen LogP contribution in [0.1, 0.15) is 11.1 Å². The van der Waals surface area contributed by atoms with E-state index >= 15 is 0 Å². The molecule has 5 nitrogen and oxygen atoms in total. The Kier molecular flexibility index (Phi) is 3.76. The van der Waals surface area contributed by atoms with Gasteiger partial charge >= 0.3 is 0 Å². The van der Waals surface area contributed by atoms with Crippen LogP contribution in [0.3, 0.4) is 0 Å². The van der Waals surface area contributed by atoms with Crippen LogP contribution in [0.4, 0.5) is 5.69 Å². The lowest BCUT2D eigenvalue weighted by Crippen LogP contribution is -2.12. The van der Waals surface area contributed by atoms with Crippen LogP contribution >= 0.6 is 11.6 Å². The fourth-order valence-corrected chi connectivity index (χ4v) is 3.76. The zero-order chi connectivity index (χ0) is 16.6. The average molecular weight is 346 g/mol. The van der Waals surface area contributed by atoms with Gasteiger partial charge in [-0.25, -0.2) is 8.42 Å². The van der Waals surface area contributed by atoms with Crippen molar-refractivity contribution in [2.75, 3.05) is 4.72 Å². The highest BCUT2D eigenvalue weighted by atomic mass is 35.5. The first-order valence-corrected chi connectivity index (χ1v) is 8.57. The standard InChI is InChI=1S/C16H12ClN3O2S/c1-10-6-13(4-2-11(10)8-18)20-23(21,22)16-9-19-15-7-12(17)3-5-14(15)16/h2-7,9,19-20H,1H3. The van der Waals surface area contributed by atoms with Crippen LogP contribution < -0.4 is 4.72 Å². The molecule has 7 heteroatoms. The lowest BCUT2D eigenvalue weighted by molar-refractivity contribution is 0.602. The summed E-state index contributed by atoms with van der Waals surface area (Å²) in [6.07, 6.45) is 1.43. The quantitative estimate of drug-likeness (QED) is 0.757. The minimum atomic E-state index is -3.75. The Morgan fingerprint density at radius 3 is 2.70 bits per heavy atom. The first kappa shape index (κ1) is 15.4. The molecule has 3 rings (SSSR count). The zero-order valence-electron chi connectivity index (χ0n) is 12.1. The minimum absolute atomic E-state index is 0.145. The molecule has 1 heterocycles. The van der Waals surface area contributed by atoms with E-state index < -0.39 is 10.0 Å². The van der Waals surface area contributed by atoms with Crippen molar-refractivity contribution in [3.63, 3.8) is 0 Å². The summed E-state index contributed by atoms with van der Waals surface area (Å²) < 4.78 is 27.7. The van der Waals surface area contributed by atoms with Gasteiger partial charge in [0.1, 0.15) is 4.90 Å². The Balaban J connectivity index is 2.01. The highest BCUT2D eigenvalue weighted by Gasteiger charge is 2.19. The number of nitrogens with one attached hydrogen (secondary N) is 2. The number of aromatic amines is 1. The van der Waals surface area contributed by atoms with E-state index in [0.717, 1.165) is 0 Å². The van der Waals surface area contributed by atoms with E-state index in [2.05, 4.69) is 9.71 Å². The third-order valence-electron chi connectivity index (χ3n) is 3.49. The summed E-state index contributed by atoms with van der Waals surface area (Å²) in [4.78, 5) is 3.05. The molecule has 0 aliphatic carbocycles. The SMILES string of the molecule is Cc1cc(NS(=O)(=O)c2c[nH]c3cc(Cl)ccc23)ccc1C#N. The van der Waals surface area contributed by atoms with Crippen molar-refractivity contribution in [1.82, 2.24) is 4.98 Å². The Morgan fingerprint density at radius 2 is 2.00 bits per heavy atom. The van der Waals surface area contributed by atoms with Crippen molar-refractivity contribution < 1.29 is 8.42 Å². The molecule has 0 radical (unpaired) electrons. The van der Waals surface area contributed by atoms with Crippen LogP contribution in [0.2, 0.25) is 5.02 Å². The number of nitrogens with zero attached hydrogens (tertiary/aromatic N) is 1. The number of hydrogen-bond acceptors (Lipinski definition) is 3. The van der Waals surface area contributed by atoms with Gasteiger partial charge in [0.2, 0.25) is 0 Å². The van der Waals surface area contributed by atoms with Crippen LogP contribution in [0.5, 0.6) is 0 Å². The van der Waals surface area contributed by atoms with Gasteiger partial charge in [-0.2, -0.15) is 5.26 Å². The summed E-state index contributed by atoms with van der Waals surface area (Å²) in [6.45, 7) is 1.75. The number of nitriles is 1. The predicted molar refractivity (Wildman–Crippen MR) is 90.0 cm³/mol. The van der Waals surface area contributed by atoms with Gasteiger partial charge in [0.05, 0.1) is 11.6 Å². The Hall–Kier alpha value is -2.49. The number of benzene rings is 2. The van der Waals surface area contributed by atoms with E-state index in [1.165, 1.54) is 6.20 Å². The van der Waals surface area contributed by atoms with Crippen molar-refractivity contribution in [3.8, 4) is 6.07 Å². The molecule has 0 amide bonds. The highest BCUT2D eigenvalue weighted by Crippen LogP contribution is 2.27. The van der Waals surface area contributed by atoms with Crippen molar-refractivity contribution in [2.45, 2.75) is 11.8 Å². The Bertz CT molecular complexity index is 1050. The van der Waals surface area contributed by atoms with Crippen molar-refractivity contribution in [2.24, 2.45) is 0 Å². The van der Waals surface area contributed by atoms with Gasteiger partial charge < -0.3 is 4.98 Å². The molecule has 0 bridgehead atoms. The fraction of sp³-hybridized carbons (Fsp3) is 0.0625. The lowest BCUT2D eigenvalue weighted by Gasteiger charge is -2.08. The van der Waals surface area contributed by atoms with Gasteiger partial charge in [-0.15, -0.1) is 0 Å². The smallest absolute Gasteiger partial charge is 0.264 e. The summed E-state index contributed by atoms with van der Waals surface area (Å²) >= 11 is 5.91. The fourth-order valence-electron chi connectivity index (χ4n) is 2.36. The van der Waals surface area contributed by atoms with Crippen molar-refractivity contribution in [1.29, 1.82) is 5.26 Å². The summed E-state index contributed by atoms with van der Waals surface area (Å²) in [5, 5.41) is 10.0. The van der Waals surface area contributed by atoms with Crippen LogP contribution in [0, 0.1) is 18.3 Å². The van der Waals surface area contributed by atoms with E-state index in [-0.39, 0.29) is 4.90 Å². The maximum atomic E-state index is 12.6. The maximum Gasteiger partial charge on any atom is 0.264 e. The molecular weight excluding hydrogens is 334 g/mol. The van der Waals surface area contributed by atoms with Crippen LogP contribution in [0.25, 0.3) is 10.9 Å². The summed E-state index contributed by atoms with van der Waals surface area (Å²) in [5.74, 6) is 0. The number of H-pyrrole nitrogens is 1. The molecule has 2 aromatic carbocycles. The van der Waals surface area contributed by atoms with E-state index in [1.54, 1.807) is 43.3 Å². The zero-order valence-corrected chi connectivity index (χ0v) is 13.7. The number of aryl methyl sites for hydroxylation is 1. The van der Waals surface area contributed by atoms with Gasteiger partial charge in [-0.1, -0.05) is 11.6 Å². The molecule has 116 valence electrons. The monoisotopic (exact) mass is 345 g/mol. The van der Waals surface area contributed by atoms with Gasteiger partial charge in [0.25, 0.3) is 10.0 Å². The molecular formula is C16H12ClN3O2S. The molecule has 0 saturated carbocycles. The third-order valence-corrected chi connectivity index (χ3v) is 5.15. The molecule has 0 atom stereocenters. The molecule has 2 N–H and O–H groups in total. The van der Waals surface area contributed by atoms with Gasteiger partial charge in [0, 0.05) is 27.8 Å². The van der Waals surface area contributed by atoms with E-state index in [1.807, 2.05) is 6.07 Å². The Morgan fingerprint density at radius 1 is 1.22 bits per heavy atom. The molecule has 23 heavy (non-hydrogen) atoms. The van der Waals surface area contributed by atoms with Crippen LogP contribution in [-0.2, 0) is 10.0 Å². The third kappa shape index (κ3) is 2.89. The molecule has 3 aromatic rings. The number of anilines is 1. The van der Waals surface area contributed by atoms with Gasteiger partial charge in [-0.3, -0.25) is 4.72 Å².